The van der Waals surface area contributed by atoms with E-state index >= 15 is 0 Å². The fraction of sp³-hybridized carbons (Fsp3) is 0.867. The van der Waals surface area contributed by atoms with Gasteiger partial charge in [0.15, 0.2) is 0 Å². The van der Waals surface area contributed by atoms with Crippen LogP contribution < -0.4 is 0 Å². The Kier molecular flexibility index (Phi) is 3.96. The molecule has 0 aromatic carbocycles. The molecule has 0 spiro atoms. The number of aliphatic carboxylic acids is 1. The molecule has 0 aromatic rings. The zero-order valence-corrected chi connectivity index (χ0v) is 12.0. The van der Waals surface area contributed by atoms with Gasteiger partial charge in [0.2, 0.25) is 5.91 Å². The molecule has 2 unspecified atom stereocenters. The SMILES string of the molecule is O=C(O)C1CN(CC(=O)N2CCCC3CCCCC32)C1. The Labute approximate surface area is 119 Å². The van der Waals surface area contributed by atoms with E-state index < -0.39 is 5.97 Å². The van der Waals surface area contributed by atoms with Crippen molar-refractivity contribution < 1.29 is 14.7 Å². The van der Waals surface area contributed by atoms with Crippen molar-refractivity contribution in [1.82, 2.24) is 9.80 Å². The van der Waals surface area contributed by atoms with Gasteiger partial charge in [-0.05, 0) is 31.6 Å². The Hall–Kier alpha value is -1.10. The van der Waals surface area contributed by atoms with Crippen LogP contribution in [0, 0.1) is 11.8 Å². The molecule has 0 aromatic heterocycles. The van der Waals surface area contributed by atoms with Crippen molar-refractivity contribution >= 4 is 11.9 Å². The maximum Gasteiger partial charge on any atom is 0.309 e. The molecule has 1 saturated carbocycles. The third-order valence-electron chi connectivity index (χ3n) is 5.23. The second kappa shape index (κ2) is 5.72. The second-order valence-corrected chi connectivity index (χ2v) is 6.57. The normalized spacial score (nSPS) is 31.5. The van der Waals surface area contributed by atoms with Crippen LogP contribution in [0.1, 0.15) is 38.5 Å². The molecule has 3 fully saturated rings. The van der Waals surface area contributed by atoms with Crippen LogP contribution >= 0.6 is 0 Å². The predicted octanol–water partition coefficient (Wildman–Crippen LogP) is 1.18. The zero-order chi connectivity index (χ0) is 14.1. The van der Waals surface area contributed by atoms with E-state index in [1.807, 2.05) is 4.90 Å². The smallest absolute Gasteiger partial charge is 0.309 e. The molecule has 0 bridgehead atoms. The van der Waals surface area contributed by atoms with Gasteiger partial charge in [0, 0.05) is 25.7 Å². The van der Waals surface area contributed by atoms with Gasteiger partial charge in [-0.3, -0.25) is 14.5 Å². The number of carboxylic acid groups (broad SMARTS) is 1. The number of carbonyl (C=O) groups excluding carboxylic acids is 1. The van der Waals surface area contributed by atoms with E-state index in [1.165, 1.54) is 25.7 Å². The van der Waals surface area contributed by atoms with Crippen LogP contribution in [-0.2, 0) is 9.59 Å². The van der Waals surface area contributed by atoms with Crippen molar-refractivity contribution in [2.75, 3.05) is 26.2 Å². The van der Waals surface area contributed by atoms with Gasteiger partial charge >= 0.3 is 5.97 Å². The maximum atomic E-state index is 12.5. The van der Waals surface area contributed by atoms with Crippen molar-refractivity contribution in [3.63, 3.8) is 0 Å². The van der Waals surface area contributed by atoms with E-state index in [0.29, 0.717) is 31.6 Å². The van der Waals surface area contributed by atoms with Gasteiger partial charge < -0.3 is 10.0 Å². The van der Waals surface area contributed by atoms with Crippen LogP contribution in [0.4, 0.5) is 0 Å². The second-order valence-electron chi connectivity index (χ2n) is 6.57. The number of amides is 1. The molecule has 2 atom stereocenters. The Morgan fingerprint density at radius 3 is 2.50 bits per heavy atom. The maximum absolute atomic E-state index is 12.5. The van der Waals surface area contributed by atoms with E-state index in [4.69, 9.17) is 5.11 Å². The third kappa shape index (κ3) is 2.68. The molecular formula is C15H24N2O3. The largest absolute Gasteiger partial charge is 0.481 e. The molecule has 5 nitrogen and oxygen atoms in total. The third-order valence-corrected chi connectivity index (χ3v) is 5.23. The van der Waals surface area contributed by atoms with E-state index in [1.54, 1.807) is 0 Å². The molecule has 1 amide bonds. The molecule has 5 heteroatoms. The fourth-order valence-electron chi connectivity index (χ4n) is 4.07. The number of rotatable bonds is 3. The van der Waals surface area contributed by atoms with Crippen LogP contribution in [0.3, 0.4) is 0 Å². The topological polar surface area (TPSA) is 60.9 Å². The summed E-state index contributed by atoms with van der Waals surface area (Å²) < 4.78 is 0. The van der Waals surface area contributed by atoms with Crippen LogP contribution in [0.15, 0.2) is 0 Å². The van der Waals surface area contributed by atoms with E-state index in [9.17, 15) is 9.59 Å². The number of hydrogen-bond acceptors (Lipinski definition) is 3. The monoisotopic (exact) mass is 280 g/mol. The Morgan fingerprint density at radius 1 is 1.05 bits per heavy atom. The summed E-state index contributed by atoms with van der Waals surface area (Å²) in [7, 11) is 0. The molecule has 1 N–H and O–H groups in total. The highest BCUT2D eigenvalue weighted by Crippen LogP contribution is 2.35. The van der Waals surface area contributed by atoms with Crippen LogP contribution in [0.2, 0.25) is 0 Å². The highest BCUT2D eigenvalue weighted by Gasteiger charge is 2.38. The summed E-state index contributed by atoms with van der Waals surface area (Å²) in [5.74, 6) is -0.0827. The fourth-order valence-corrected chi connectivity index (χ4v) is 4.07. The molecule has 0 radical (unpaired) electrons. The van der Waals surface area contributed by atoms with Crippen molar-refractivity contribution in [2.45, 2.75) is 44.6 Å². The summed E-state index contributed by atoms with van der Waals surface area (Å²) in [4.78, 5) is 27.3. The average Bonchev–Trinajstić information content (AvgIpc) is 2.41. The summed E-state index contributed by atoms with van der Waals surface area (Å²) in [5.41, 5.74) is 0. The number of fused-ring (bicyclic) bond motifs is 1. The standard InChI is InChI=1S/C15H24N2O3/c18-14(10-16-8-12(9-16)15(19)20)17-7-3-5-11-4-1-2-6-13(11)17/h11-13H,1-10H2,(H,19,20). The lowest BCUT2D eigenvalue weighted by Gasteiger charge is -2.45. The van der Waals surface area contributed by atoms with Crippen LogP contribution in [0.5, 0.6) is 0 Å². The van der Waals surface area contributed by atoms with Crippen molar-refractivity contribution in [1.29, 1.82) is 0 Å². The van der Waals surface area contributed by atoms with Gasteiger partial charge in [0.1, 0.15) is 0 Å². The number of likely N-dealkylation sites (tertiary alicyclic amines) is 2. The zero-order valence-electron chi connectivity index (χ0n) is 12.0. The summed E-state index contributed by atoms with van der Waals surface area (Å²) in [5, 5.41) is 8.87. The molecule has 2 aliphatic heterocycles. The Balaban J connectivity index is 1.53. The summed E-state index contributed by atoms with van der Waals surface area (Å²) >= 11 is 0. The lowest BCUT2D eigenvalue weighted by Crippen LogP contribution is -2.57. The Bertz CT molecular complexity index is 391. The molecule has 1 aliphatic carbocycles. The lowest BCUT2D eigenvalue weighted by molar-refractivity contribution is -0.151. The van der Waals surface area contributed by atoms with Gasteiger partial charge in [-0.1, -0.05) is 12.8 Å². The number of carbonyl (C=O) groups is 2. The first kappa shape index (κ1) is 13.9. The minimum atomic E-state index is -0.737. The number of nitrogens with zero attached hydrogens (tertiary/aromatic N) is 2. The van der Waals surface area contributed by atoms with E-state index in [-0.39, 0.29) is 11.8 Å². The minimum absolute atomic E-state index is 0.213. The summed E-state index contributed by atoms with van der Waals surface area (Å²) in [6, 6.07) is 0.460. The molecule has 112 valence electrons. The average molecular weight is 280 g/mol. The summed E-state index contributed by atoms with van der Waals surface area (Å²) in [6.07, 6.45) is 7.41. The summed E-state index contributed by atoms with van der Waals surface area (Å²) in [6.45, 7) is 2.37. The number of carboxylic acids is 1. The molecule has 2 saturated heterocycles. The van der Waals surface area contributed by atoms with Crippen LogP contribution in [0.25, 0.3) is 0 Å². The first-order chi connectivity index (χ1) is 9.65. The highest BCUT2D eigenvalue weighted by atomic mass is 16.4. The van der Waals surface area contributed by atoms with Crippen molar-refractivity contribution in [3.8, 4) is 0 Å². The first-order valence-electron chi connectivity index (χ1n) is 7.90. The predicted molar refractivity (Wildman–Crippen MR) is 74.3 cm³/mol. The molecule has 3 rings (SSSR count). The van der Waals surface area contributed by atoms with Gasteiger partial charge in [-0.25, -0.2) is 0 Å². The van der Waals surface area contributed by atoms with Gasteiger partial charge in [0.05, 0.1) is 12.5 Å². The highest BCUT2D eigenvalue weighted by molar-refractivity contribution is 5.79. The van der Waals surface area contributed by atoms with Gasteiger partial charge in [-0.15, -0.1) is 0 Å². The van der Waals surface area contributed by atoms with Crippen LogP contribution in [-0.4, -0.2) is 59.0 Å². The first-order valence-corrected chi connectivity index (χ1v) is 7.90. The number of hydrogen-bond donors (Lipinski definition) is 1. The molecule has 20 heavy (non-hydrogen) atoms. The van der Waals surface area contributed by atoms with E-state index in [0.717, 1.165) is 19.4 Å². The molecule has 3 aliphatic rings. The number of piperidine rings is 1. The van der Waals surface area contributed by atoms with Crippen molar-refractivity contribution in [3.05, 3.63) is 0 Å². The molecule has 2 heterocycles. The minimum Gasteiger partial charge on any atom is -0.481 e. The van der Waals surface area contributed by atoms with Gasteiger partial charge in [0.25, 0.3) is 0 Å². The Morgan fingerprint density at radius 2 is 1.75 bits per heavy atom. The van der Waals surface area contributed by atoms with Gasteiger partial charge in [-0.2, -0.15) is 0 Å². The lowest BCUT2D eigenvalue weighted by atomic mass is 9.78. The van der Waals surface area contributed by atoms with E-state index in [2.05, 4.69) is 4.90 Å². The molecular weight excluding hydrogens is 256 g/mol. The van der Waals surface area contributed by atoms with Crippen molar-refractivity contribution in [2.24, 2.45) is 11.8 Å². The quantitative estimate of drug-likeness (QED) is 0.843.